The van der Waals surface area contributed by atoms with Gasteiger partial charge >= 0.3 is 6.09 Å². The maximum Gasteiger partial charge on any atom is 0.407 e. The van der Waals surface area contributed by atoms with Crippen molar-refractivity contribution in [2.75, 3.05) is 32.7 Å². The number of nitrogens with one attached hydrogen (secondary N) is 1. The van der Waals surface area contributed by atoms with Crippen LogP contribution in [0.2, 0.25) is 0 Å². The predicted octanol–water partition coefficient (Wildman–Crippen LogP) is 0.371. The topological polar surface area (TPSA) is 55.8 Å². The fourth-order valence-corrected chi connectivity index (χ4v) is 2.58. The van der Waals surface area contributed by atoms with Gasteiger partial charge in [0.05, 0.1) is 0 Å². The smallest absolute Gasteiger partial charge is 0.407 e. The largest absolute Gasteiger partial charge is 0.465 e. The molecule has 0 spiro atoms. The molecule has 2 aliphatic rings. The average molecular weight is 245 g/mol. The van der Waals surface area contributed by atoms with Crippen LogP contribution in [0, 0.1) is 0 Å². The maximum atomic E-state index is 13.0. The van der Waals surface area contributed by atoms with Crippen molar-refractivity contribution in [2.45, 2.75) is 31.6 Å². The van der Waals surface area contributed by atoms with Crippen LogP contribution >= 0.6 is 0 Å². The van der Waals surface area contributed by atoms with Crippen LogP contribution in [-0.2, 0) is 0 Å². The van der Waals surface area contributed by atoms with Crippen molar-refractivity contribution in [1.82, 2.24) is 15.1 Å². The third-order valence-electron chi connectivity index (χ3n) is 3.59. The summed E-state index contributed by atoms with van der Waals surface area (Å²) in [4.78, 5) is 14.6. The molecule has 2 fully saturated rings. The second-order valence-corrected chi connectivity index (χ2v) is 5.03. The van der Waals surface area contributed by atoms with E-state index in [4.69, 9.17) is 5.11 Å². The lowest BCUT2D eigenvalue weighted by molar-refractivity contribution is 0.0964. The molecule has 0 aromatic rings. The summed E-state index contributed by atoms with van der Waals surface area (Å²) in [5.74, 6) is 0. The highest BCUT2D eigenvalue weighted by Gasteiger charge is 2.31. The van der Waals surface area contributed by atoms with Crippen molar-refractivity contribution in [3.8, 4) is 0 Å². The van der Waals surface area contributed by atoms with Crippen molar-refractivity contribution in [3.05, 3.63) is 0 Å². The maximum absolute atomic E-state index is 13.0. The average Bonchev–Trinajstić information content (AvgIpc) is 2.66. The number of piperazine rings is 1. The Kier molecular flexibility index (Phi) is 3.83. The van der Waals surface area contributed by atoms with E-state index in [-0.39, 0.29) is 12.1 Å². The number of hydrogen-bond donors (Lipinski definition) is 2. The van der Waals surface area contributed by atoms with Gasteiger partial charge in [0, 0.05) is 44.8 Å². The molecular formula is C11H20FN3O2. The Labute approximate surface area is 101 Å². The van der Waals surface area contributed by atoms with Gasteiger partial charge in [0.25, 0.3) is 0 Å². The van der Waals surface area contributed by atoms with E-state index in [0.29, 0.717) is 26.1 Å². The molecule has 0 unspecified atom stereocenters. The van der Waals surface area contributed by atoms with Crippen molar-refractivity contribution in [3.63, 3.8) is 0 Å². The Balaban J connectivity index is 1.84. The van der Waals surface area contributed by atoms with Gasteiger partial charge in [-0.3, -0.25) is 4.90 Å². The van der Waals surface area contributed by atoms with Crippen LogP contribution in [0.4, 0.5) is 9.18 Å². The highest BCUT2D eigenvalue weighted by atomic mass is 19.1. The number of amides is 1. The van der Waals surface area contributed by atoms with Gasteiger partial charge in [-0.1, -0.05) is 0 Å². The molecule has 0 bridgehead atoms. The van der Waals surface area contributed by atoms with Crippen molar-refractivity contribution < 1.29 is 14.3 Å². The van der Waals surface area contributed by atoms with Gasteiger partial charge < -0.3 is 15.3 Å². The molecule has 0 aliphatic carbocycles. The monoisotopic (exact) mass is 245 g/mol. The number of carbonyl (C=O) groups is 1. The normalized spacial score (nSPS) is 35.2. The van der Waals surface area contributed by atoms with Crippen LogP contribution < -0.4 is 5.32 Å². The van der Waals surface area contributed by atoms with Gasteiger partial charge in [-0.15, -0.1) is 0 Å². The number of nitrogens with zero attached hydrogens (tertiary/aromatic N) is 2. The highest BCUT2D eigenvalue weighted by molar-refractivity contribution is 5.65. The summed E-state index contributed by atoms with van der Waals surface area (Å²) < 4.78 is 13.0. The Hall–Kier alpha value is -0.880. The summed E-state index contributed by atoms with van der Waals surface area (Å²) in [6.45, 7) is 5.05. The summed E-state index contributed by atoms with van der Waals surface area (Å²) >= 11 is 0. The molecule has 2 saturated heterocycles. The Morgan fingerprint density at radius 2 is 2.29 bits per heavy atom. The Bertz CT molecular complexity index is 290. The molecule has 2 rings (SSSR count). The van der Waals surface area contributed by atoms with Gasteiger partial charge in [-0.25, -0.2) is 9.18 Å². The molecule has 0 aromatic heterocycles. The summed E-state index contributed by atoms with van der Waals surface area (Å²) in [6.07, 6.45) is -0.979. The number of halogens is 1. The highest BCUT2D eigenvalue weighted by Crippen LogP contribution is 2.14. The van der Waals surface area contributed by atoms with Crippen molar-refractivity contribution >= 4 is 6.09 Å². The van der Waals surface area contributed by atoms with Crippen molar-refractivity contribution in [2.24, 2.45) is 0 Å². The molecule has 17 heavy (non-hydrogen) atoms. The fraction of sp³-hybridized carbons (Fsp3) is 0.909. The summed E-state index contributed by atoms with van der Waals surface area (Å²) in [7, 11) is 0. The van der Waals surface area contributed by atoms with Gasteiger partial charge in [0.15, 0.2) is 0 Å². The third-order valence-corrected chi connectivity index (χ3v) is 3.59. The predicted molar refractivity (Wildman–Crippen MR) is 61.9 cm³/mol. The quantitative estimate of drug-likeness (QED) is 0.738. The molecule has 2 aliphatic heterocycles. The molecule has 0 aromatic carbocycles. The zero-order valence-corrected chi connectivity index (χ0v) is 10.1. The van der Waals surface area contributed by atoms with Crippen LogP contribution in [0.15, 0.2) is 0 Å². The van der Waals surface area contributed by atoms with Crippen LogP contribution in [0.1, 0.15) is 13.3 Å². The molecule has 0 radical (unpaired) electrons. The van der Waals surface area contributed by atoms with Gasteiger partial charge in [0.2, 0.25) is 0 Å². The van der Waals surface area contributed by atoms with Crippen LogP contribution in [-0.4, -0.2) is 72.0 Å². The number of hydrogen-bond acceptors (Lipinski definition) is 3. The zero-order chi connectivity index (χ0) is 12.4. The van der Waals surface area contributed by atoms with Crippen LogP contribution in [0.5, 0.6) is 0 Å². The van der Waals surface area contributed by atoms with E-state index in [9.17, 15) is 9.18 Å². The zero-order valence-electron chi connectivity index (χ0n) is 10.1. The molecule has 2 heterocycles. The minimum atomic E-state index is -0.867. The van der Waals surface area contributed by atoms with E-state index < -0.39 is 12.3 Å². The minimum Gasteiger partial charge on any atom is -0.465 e. The lowest BCUT2D eigenvalue weighted by Gasteiger charge is -2.38. The second-order valence-electron chi connectivity index (χ2n) is 5.03. The molecule has 0 saturated carbocycles. The van der Waals surface area contributed by atoms with Crippen LogP contribution in [0.25, 0.3) is 0 Å². The van der Waals surface area contributed by atoms with Crippen LogP contribution in [0.3, 0.4) is 0 Å². The molecule has 5 nitrogen and oxygen atoms in total. The van der Waals surface area contributed by atoms with Gasteiger partial charge in [-0.05, 0) is 13.3 Å². The first kappa shape index (κ1) is 12.6. The first-order valence-corrected chi connectivity index (χ1v) is 6.15. The Morgan fingerprint density at radius 1 is 1.53 bits per heavy atom. The summed E-state index contributed by atoms with van der Waals surface area (Å²) in [5.41, 5.74) is 0. The van der Waals surface area contributed by atoms with E-state index in [1.165, 1.54) is 4.90 Å². The van der Waals surface area contributed by atoms with Gasteiger partial charge in [0.1, 0.15) is 6.17 Å². The SMILES string of the molecule is C[C@@H]1CN[C@@H](CN2CC[C@@H](F)C2)CN1C(=O)O. The number of likely N-dealkylation sites (tertiary alicyclic amines) is 1. The van der Waals surface area contributed by atoms with E-state index >= 15 is 0 Å². The van der Waals surface area contributed by atoms with Gasteiger partial charge in [-0.2, -0.15) is 0 Å². The molecule has 3 atom stereocenters. The Morgan fingerprint density at radius 3 is 2.88 bits per heavy atom. The first-order chi connectivity index (χ1) is 8.06. The molecule has 98 valence electrons. The summed E-state index contributed by atoms with van der Waals surface area (Å²) in [6, 6.07) is 0.129. The lowest BCUT2D eigenvalue weighted by atomic mass is 10.1. The first-order valence-electron chi connectivity index (χ1n) is 6.15. The fourth-order valence-electron chi connectivity index (χ4n) is 2.58. The molecule has 6 heteroatoms. The number of rotatable bonds is 2. The van der Waals surface area contributed by atoms with E-state index in [1.54, 1.807) is 0 Å². The standard InChI is InChI=1S/C11H20FN3O2/c1-8-4-13-10(7-15(8)11(16)17)6-14-3-2-9(12)5-14/h8-10,13H,2-7H2,1H3,(H,16,17)/t8-,9-,10+/m1/s1. The van der Waals surface area contributed by atoms with E-state index in [2.05, 4.69) is 10.2 Å². The van der Waals surface area contributed by atoms with E-state index in [1.807, 2.05) is 6.92 Å². The molecule has 2 N–H and O–H groups in total. The van der Waals surface area contributed by atoms with Crippen molar-refractivity contribution in [1.29, 1.82) is 0 Å². The van der Waals surface area contributed by atoms with E-state index in [0.717, 1.165) is 13.1 Å². The summed E-state index contributed by atoms with van der Waals surface area (Å²) in [5, 5.41) is 12.4. The molecular weight excluding hydrogens is 225 g/mol. The number of carboxylic acid groups (broad SMARTS) is 1. The third kappa shape index (κ3) is 3.07. The molecule has 1 amide bonds. The second kappa shape index (κ2) is 5.18. The lowest BCUT2D eigenvalue weighted by Crippen LogP contribution is -2.59. The minimum absolute atomic E-state index is 0.0104. The number of alkyl halides is 1.